The first-order chi connectivity index (χ1) is 21.2. The smallest absolute Gasteiger partial charge is 0.450 e. The van der Waals surface area contributed by atoms with Gasteiger partial charge in [-0.15, -0.1) is 10.1 Å². The molecular formula is C32H44FNO11. The first-order valence-corrected chi connectivity index (χ1v) is 15.8. The van der Waals surface area contributed by atoms with E-state index in [2.05, 4.69) is 4.84 Å². The van der Waals surface area contributed by atoms with E-state index in [4.69, 9.17) is 14.2 Å². The van der Waals surface area contributed by atoms with Crippen molar-refractivity contribution in [1.82, 2.24) is 0 Å². The highest BCUT2D eigenvalue weighted by atomic mass is 19.1. The molecule has 0 aromatic rings. The van der Waals surface area contributed by atoms with Crippen molar-refractivity contribution in [2.24, 2.45) is 28.6 Å². The summed E-state index contributed by atoms with van der Waals surface area (Å²) < 4.78 is 33.9. The second kappa shape index (κ2) is 13.2. The van der Waals surface area contributed by atoms with E-state index in [9.17, 15) is 34.4 Å². The predicted octanol–water partition coefficient (Wildman–Crippen LogP) is 4.79. The molecule has 0 heterocycles. The second-order valence-electron chi connectivity index (χ2n) is 13.3. The number of nitrogens with zero attached hydrogens (tertiary/aromatic N) is 1. The fraction of sp³-hybridized carbons (Fsp3) is 0.750. The maximum atomic E-state index is 17.6. The molecule has 0 amide bonds. The molecule has 45 heavy (non-hydrogen) atoms. The Balaban J connectivity index is 1.59. The van der Waals surface area contributed by atoms with Gasteiger partial charge in [-0.3, -0.25) is 14.4 Å². The summed E-state index contributed by atoms with van der Waals surface area (Å²) in [7, 11) is 0. The third kappa shape index (κ3) is 5.88. The van der Waals surface area contributed by atoms with Crippen molar-refractivity contribution in [3.63, 3.8) is 0 Å². The summed E-state index contributed by atoms with van der Waals surface area (Å²) in [5, 5.41) is 21.0. The predicted molar refractivity (Wildman–Crippen MR) is 156 cm³/mol. The Morgan fingerprint density at radius 2 is 1.84 bits per heavy atom. The summed E-state index contributed by atoms with van der Waals surface area (Å²) in [6, 6.07) is 0. The standard InChI is InChI=1S/C32H44FNO11/c1-5-6-9-27(38)45-32(26(37)19-43-28(39)42-14-7-8-15-44-34(40)41)20(2)16-24-23-11-10-21-17-22(35)12-13-29(21,3)31(23,33)25(36)18-30(24,32)4/h10,12-13,20,23-25,36H,5-9,11,14-19H2,1-4H3/t20-,23?,24-,25-,29-,30-,31-,32-/m0/s1. The molecule has 0 saturated heterocycles. The number of allylic oxidation sites excluding steroid dienone is 4. The topological polar surface area (TPSA) is 169 Å². The van der Waals surface area contributed by atoms with Crippen LogP contribution in [0.2, 0.25) is 0 Å². The number of carbonyl (C=O) groups is 4. The highest BCUT2D eigenvalue weighted by Gasteiger charge is 2.77. The number of ether oxygens (including phenoxy) is 3. The number of ketones is 2. The van der Waals surface area contributed by atoms with E-state index in [0.717, 1.165) is 0 Å². The van der Waals surface area contributed by atoms with E-state index < -0.39 is 75.6 Å². The molecule has 1 unspecified atom stereocenters. The third-order valence-electron chi connectivity index (χ3n) is 10.8. The molecule has 0 spiro atoms. The number of hydrogen-bond donors (Lipinski definition) is 1. The lowest BCUT2D eigenvalue weighted by atomic mass is 9.45. The summed E-state index contributed by atoms with van der Waals surface area (Å²) in [6.07, 6.45) is 4.40. The van der Waals surface area contributed by atoms with Crippen LogP contribution in [0.15, 0.2) is 23.8 Å². The van der Waals surface area contributed by atoms with Crippen molar-refractivity contribution in [3.8, 4) is 0 Å². The largest absolute Gasteiger partial charge is 0.508 e. The highest BCUT2D eigenvalue weighted by Crippen LogP contribution is 2.71. The minimum atomic E-state index is -2.13. The minimum absolute atomic E-state index is 0.0596. The molecule has 8 atom stereocenters. The van der Waals surface area contributed by atoms with E-state index in [1.807, 2.05) is 13.0 Å². The Morgan fingerprint density at radius 3 is 2.53 bits per heavy atom. The van der Waals surface area contributed by atoms with Gasteiger partial charge in [0.2, 0.25) is 5.78 Å². The molecule has 0 aromatic heterocycles. The second-order valence-corrected chi connectivity index (χ2v) is 13.3. The van der Waals surface area contributed by atoms with Crippen LogP contribution in [0, 0.1) is 38.7 Å². The van der Waals surface area contributed by atoms with Crippen LogP contribution >= 0.6 is 0 Å². The number of carbonyl (C=O) groups excluding carboxylic acids is 4. The lowest BCUT2D eigenvalue weighted by Crippen LogP contribution is -2.69. The van der Waals surface area contributed by atoms with Gasteiger partial charge in [0, 0.05) is 35.5 Å². The van der Waals surface area contributed by atoms with Gasteiger partial charge in [-0.1, -0.05) is 44.9 Å². The zero-order valence-electron chi connectivity index (χ0n) is 26.4. The van der Waals surface area contributed by atoms with Gasteiger partial charge in [0.1, 0.15) is 0 Å². The molecule has 4 rings (SSSR count). The van der Waals surface area contributed by atoms with Crippen LogP contribution in [0.5, 0.6) is 0 Å². The minimum Gasteiger partial charge on any atom is -0.450 e. The first kappa shape index (κ1) is 34.5. The summed E-state index contributed by atoms with van der Waals surface area (Å²) in [5.74, 6) is -3.23. The lowest BCUT2D eigenvalue weighted by molar-refractivity contribution is -0.757. The van der Waals surface area contributed by atoms with Crippen LogP contribution in [-0.4, -0.2) is 71.1 Å². The summed E-state index contributed by atoms with van der Waals surface area (Å²) in [6.45, 7) is 6.07. The zero-order valence-corrected chi connectivity index (χ0v) is 26.4. The highest BCUT2D eigenvalue weighted by molar-refractivity contribution is 5.94. The third-order valence-corrected chi connectivity index (χ3v) is 10.8. The number of aliphatic hydroxyl groups is 1. The molecule has 0 bridgehead atoms. The molecule has 0 aliphatic heterocycles. The average Bonchev–Trinajstić information content (AvgIpc) is 3.19. The molecule has 13 heteroatoms. The van der Waals surface area contributed by atoms with Gasteiger partial charge in [0.15, 0.2) is 23.7 Å². The number of hydrogen-bond acceptors (Lipinski definition) is 11. The Labute approximate surface area is 261 Å². The molecule has 250 valence electrons. The van der Waals surface area contributed by atoms with Gasteiger partial charge in [-0.25, -0.2) is 9.18 Å². The molecule has 1 N–H and O–H groups in total. The van der Waals surface area contributed by atoms with Crippen molar-refractivity contribution < 1.29 is 52.8 Å². The fourth-order valence-corrected chi connectivity index (χ4v) is 8.63. The van der Waals surface area contributed by atoms with E-state index in [-0.39, 0.29) is 57.5 Å². The number of halogens is 1. The maximum absolute atomic E-state index is 17.6. The van der Waals surface area contributed by atoms with Gasteiger partial charge in [0.25, 0.3) is 5.09 Å². The molecule has 2 fully saturated rings. The fourth-order valence-electron chi connectivity index (χ4n) is 8.63. The summed E-state index contributed by atoms with van der Waals surface area (Å²) >= 11 is 0. The maximum Gasteiger partial charge on any atom is 0.508 e. The number of alkyl halides is 1. The van der Waals surface area contributed by atoms with Crippen LogP contribution in [0.25, 0.3) is 0 Å². The van der Waals surface area contributed by atoms with Gasteiger partial charge >= 0.3 is 12.1 Å². The molecule has 12 nitrogen and oxygen atoms in total. The summed E-state index contributed by atoms with van der Waals surface area (Å²) in [4.78, 5) is 66.3. The van der Waals surface area contributed by atoms with Crippen molar-refractivity contribution in [2.75, 3.05) is 19.8 Å². The monoisotopic (exact) mass is 637 g/mol. The Morgan fingerprint density at radius 1 is 1.13 bits per heavy atom. The number of unbranched alkanes of at least 4 members (excludes halogenated alkanes) is 2. The van der Waals surface area contributed by atoms with Crippen molar-refractivity contribution >= 4 is 23.7 Å². The molecule has 4 aliphatic carbocycles. The molecule has 4 aliphatic rings. The average molecular weight is 638 g/mol. The van der Waals surface area contributed by atoms with Gasteiger partial charge in [-0.05, 0) is 57.4 Å². The Hall–Kier alpha value is -3.35. The first-order valence-electron chi connectivity index (χ1n) is 15.8. The molecule has 2 saturated carbocycles. The van der Waals surface area contributed by atoms with Gasteiger partial charge in [-0.2, -0.15) is 0 Å². The van der Waals surface area contributed by atoms with E-state index in [1.54, 1.807) is 26.8 Å². The SMILES string of the molecule is CCCCC(=O)O[C@]1(C(=O)COC(=O)OCCCCO[N+](=O)[O-])[C@@H](C)C[C@H]2C3CC=C4CC(=O)C=C[C@]4(C)[C@@]3(F)[C@@H](O)C[C@@]21C. The normalized spacial score (nSPS) is 36.6. The lowest BCUT2D eigenvalue weighted by Gasteiger charge is -2.62. The van der Waals surface area contributed by atoms with E-state index >= 15 is 4.39 Å². The Kier molecular flexibility index (Phi) is 10.1. The number of fused-ring (bicyclic) bond motifs is 5. The van der Waals surface area contributed by atoms with Crippen LogP contribution in [0.3, 0.4) is 0 Å². The van der Waals surface area contributed by atoms with E-state index in [1.165, 1.54) is 6.08 Å². The zero-order chi connectivity index (χ0) is 33.2. The van der Waals surface area contributed by atoms with Gasteiger partial charge in [0.05, 0.1) is 19.3 Å². The van der Waals surface area contributed by atoms with Crippen molar-refractivity contribution in [1.29, 1.82) is 0 Å². The van der Waals surface area contributed by atoms with E-state index in [0.29, 0.717) is 24.8 Å². The van der Waals surface area contributed by atoms with Crippen LogP contribution in [0.1, 0.15) is 85.5 Å². The van der Waals surface area contributed by atoms with Crippen LogP contribution in [0.4, 0.5) is 9.18 Å². The Bertz CT molecular complexity index is 1270. The number of Topliss-reactive ketones (excluding diaryl/α,β-unsaturated/α-hetero) is 1. The van der Waals surface area contributed by atoms with Crippen LogP contribution in [-0.2, 0) is 33.4 Å². The molecular weight excluding hydrogens is 593 g/mol. The molecule has 0 aromatic carbocycles. The number of aliphatic hydroxyl groups excluding tert-OH is 1. The van der Waals surface area contributed by atoms with Gasteiger partial charge < -0.3 is 24.2 Å². The number of esters is 1. The number of rotatable bonds is 13. The van der Waals surface area contributed by atoms with Crippen molar-refractivity contribution in [3.05, 3.63) is 33.9 Å². The van der Waals surface area contributed by atoms with Crippen LogP contribution < -0.4 is 0 Å². The molecule has 0 radical (unpaired) electrons. The summed E-state index contributed by atoms with van der Waals surface area (Å²) in [5.41, 5.74) is -5.73. The quantitative estimate of drug-likeness (QED) is 0.0969. The van der Waals surface area contributed by atoms with Crippen molar-refractivity contribution in [2.45, 2.75) is 103 Å².